The number of carbonyl (C=O) groups excluding carboxylic acids is 1. The van der Waals surface area contributed by atoms with Crippen LogP contribution in [0.1, 0.15) is 44.1 Å². The number of benzene rings is 1. The number of aromatic nitrogens is 3. The summed E-state index contributed by atoms with van der Waals surface area (Å²) in [7, 11) is 1.99. The molecule has 0 spiro atoms. The number of carbonyl (C=O) groups is 1. The lowest BCUT2D eigenvalue weighted by molar-refractivity contribution is -0.138. The number of nitrogens with one attached hydrogen (secondary N) is 1. The largest absolute Gasteiger partial charge is 0.416 e. The number of hydrogen-bond donors (Lipinski definition) is 2. The summed E-state index contributed by atoms with van der Waals surface area (Å²) in [4.78, 5) is 29.4. The molecule has 0 unspecified atom stereocenters. The molecule has 0 atom stereocenters. The van der Waals surface area contributed by atoms with Gasteiger partial charge in [-0.05, 0) is 56.1 Å². The number of alkyl halides is 3. The van der Waals surface area contributed by atoms with Gasteiger partial charge >= 0.3 is 6.18 Å². The Labute approximate surface area is 219 Å². The molecule has 0 aliphatic carbocycles. The Bertz CT molecular complexity index is 1400. The van der Waals surface area contributed by atoms with Crippen LogP contribution in [0.5, 0.6) is 0 Å². The van der Waals surface area contributed by atoms with Crippen molar-refractivity contribution in [1.82, 2.24) is 24.8 Å². The summed E-state index contributed by atoms with van der Waals surface area (Å²) < 4.78 is 41.7. The van der Waals surface area contributed by atoms with Crippen molar-refractivity contribution < 1.29 is 18.0 Å². The smallest absolute Gasteiger partial charge is 0.382 e. The van der Waals surface area contributed by atoms with Gasteiger partial charge < -0.3 is 16.0 Å². The molecule has 0 radical (unpaired) electrons. The predicted molar refractivity (Wildman–Crippen MR) is 138 cm³/mol. The first-order valence-corrected chi connectivity index (χ1v) is 12.0. The first kappa shape index (κ1) is 27.0. The molecular weight excluding hydrogens is 495 g/mol. The first-order valence-electron chi connectivity index (χ1n) is 12.0. The van der Waals surface area contributed by atoms with Gasteiger partial charge in [0.1, 0.15) is 17.2 Å². The molecule has 38 heavy (non-hydrogen) atoms. The summed E-state index contributed by atoms with van der Waals surface area (Å²) in [5.41, 5.74) is 7.36. The third-order valence-corrected chi connectivity index (χ3v) is 6.31. The van der Waals surface area contributed by atoms with E-state index in [1.54, 1.807) is 13.8 Å². The van der Waals surface area contributed by atoms with Gasteiger partial charge in [-0.2, -0.15) is 13.2 Å². The first-order chi connectivity index (χ1) is 18.0. The maximum absolute atomic E-state index is 13.9. The second kappa shape index (κ2) is 11.2. The number of likely N-dealkylation sites (N-methyl/N-ethyl adjacent to an activating group) is 1. The van der Waals surface area contributed by atoms with Crippen molar-refractivity contribution in [3.05, 3.63) is 76.0 Å². The van der Waals surface area contributed by atoms with E-state index in [9.17, 15) is 18.0 Å². The standard InChI is InChI=1S/C27H28F3N7O/c1-17-14-32-24(12-19(17)4-7-22-15-33-25(31)18(2)34-22)26(38)35-21-6-5-20(23(13-21)27(28,29)30)16-37-10-8-36(3)9-11-37/h5-6,12-15H,8-11,16H2,1-3H3,(H2,31,33)(H,35,38). The fraction of sp³-hybridized carbons (Fsp3) is 0.333. The van der Waals surface area contributed by atoms with Crippen LogP contribution in [-0.2, 0) is 12.7 Å². The SMILES string of the molecule is Cc1cnc(C(=O)Nc2ccc(CN3CCN(C)CC3)c(C(F)(F)F)c2)cc1C#Cc1cnc(N)c(C)n1. The van der Waals surface area contributed by atoms with Crippen LogP contribution >= 0.6 is 0 Å². The minimum atomic E-state index is -4.56. The van der Waals surface area contributed by atoms with Gasteiger partial charge in [-0.15, -0.1) is 0 Å². The molecule has 8 nitrogen and oxygen atoms in total. The average Bonchev–Trinajstić information content (AvgIpc) is 2.87. The molecule has 1 aliphatic rings. The lowest BCUT2D eigenvalue weighted by Crippen LogP contribution is -2.44. The van der Waals surface area contributed by atoms with Gasteiger partial charge in [0, 0.05) is 50.2 Å². The van der Waals surface area contributed by atoms with Gasteiger partial charge in [0.15, 0.2) is 0 Å². The minimum Gasteiger partial charge on any atom is -0.382 e. The highest BCUT2D eigenvalue weighted by Gasteiger charge is 2.34. The van der Waals surface area contributed by atoms with E-state index in [1.807, 2.05) is 11.9 Å². The van der Waals surface area contributed by atoms with Gasteiger partial charge in [-0.1, -0.05) is 12.0 Å². The predicted octanol–water partition coefficient (Wildman–Crippen LogP) is 3.49. The van der Waals surface area contributed by atoms with Crippen molar-refractivity contribution in [3.8, 4) is 11.8 Å². The normalized spacial score (nSPS) is 14.6. The van der Waals surface area contributed by atoms with E-state index in [4.69, 9.17) is 5.73 Å². The van der Waals surface area contributed by atoms with Crippen LogP contribution in [0, 0.1) is 25.7 Å². The molecule has 1 aliphatic heterocycles. The molecule has 1 amide bonds. The number of amides is 1. The van der Waals surface area contributed by atoms with Crippen molar-refractivity contribution in [2.75, 3.05) is 44.3 Å². The molecule has 3 aromatic rings. The maximum atomic E-state index is 13.9. The molecule has 2 aromatic heterocycles. The summed E-state index contributed by atoms with van der Waals surface area (Å²) in [5.74, 6) is 5.50. The zero-order chi connectivity index (χ0) is 27.4. The Morgan fingerprint density at radius 3 is 2.50 bits per heavy atom. The quantitative estimate of drug-likeness (QED) is 0.505. The van der Waals surface area contributed by atoms with E-state index in [-0.39, 0.29) is 23.5 Å². The zero-order valence-electron chi connectivity index (χ0n) is 21.4. The highest BCUT2D eigenvalue weighted by molar-refractivity contribution is 6.03. The molecule has 3 N–H and O–H groups in total. The van der Waals surface area contributed by atoms with Gasteiger partial charge in [0.2, 0.25) is 0 Å². The Morgan fingerprint density at radius 1 is 1.08 bits per heavy atom. The number of nitrogen functional groups attached to an aromatic ring is 1. The number of nitrogens with two attached hydrogens (primary N) is 1. The Hall–Kier alpha value is -4.01. The van der Waals surface area contributed by atoms with E-state index in [0.717, 1.165) is 24.7 Å². The van der Waals surface area contributed by atoms with Crippen LogP contribution in [0.15, 0.2) is 36.7 Å². The third kappa shape index (κ3) is 6.65. The molecule has 1 aromatic carbocycles. The fourth-order valence-corrected chi connectivity index (χ4v) is 3.96. The highest BCUT2D eigenvalue weighted by atomic mass is 19.4. The van der Waals surface area contributed by atoms with Crippen LogP contribution in [0.3, 0.4) is 0 Å². The third-order valence-electron chi connectivity index (χ3n) is 6.31. The lowest BCUT2D eigenvalue weighted by Gasteiger charge is -2.33. The number of nitrogens with zero attached hydrogens (tertiary/aromatic N) is 5. The number of hydrogen-bond acceptors (Lipinski definition) is 7. The second-order valence-electron chi connectivity index (χ2n) is 9.26. The van der Waals surface area contributed by atoms with Crippen molar-refractivity contribution >= 4 is 17.4 Å². The lowest BCUT2D eigenvalue weighted by atomic mass is 10.0. The molecule has 0 bridgehead atoms. The summed E-state index contributed by atoms with van der Waals surface area (Å²) in [6, 6.07) is 5.36. The molecule has 0 saturated carbocycles. The zero-order valence-corrected chi connectivity index (χ0v) is 21.4. The number of aryl methyl sites for hydroxylation is 2. The number of pyridine rings is 1. The number of anilines is 2. The van der Waals surface area contributed by atoms with Gasteiger partial charge in [-0.3, -0.25) is 14.7 Å². The molecule has 198 valence electrons. The van der Waals surface area contributed by atoms with E-state index in [2.05, 4.69) is 37.0 Å². The number of halogens is 3. The maximum Gasteiger partial charge on any atom is 0.416 e. The van der Waals surface area contributed by atoms with Crippen LogP contribution in [0.25, 0.3) is 0 Å². The van der Waals surface area contributed by atoms with E-state index in [0.29, 0.717) is 35.9 Å². The molecule has 11 heteroatoms. The highest BCUT2D eigenvalue weighted by Crippen LogP contribution is 2.34. The van der Waals surface area contributed by atoms with E-state index in [1.165, 1.54) is 30.6 Å². The monoisotopic (exact) mass is 523 g/mol. The minimum absolute atomic E-state index is 0.0227. The van der Waals surface area contributed by atoms with Crippen molar-refractivity contribution in [2.24, 2.45) is 0 Å². The Balaban J connectivity index is 1.53. The number of rotatable bonds is 4. The van der Waals surface area contributed by atoms with Crippen LogP contribution in [0.2, 0.25) is 0 Å². The number of piperazine rings is 1. The summed E-state index contributed by atoms with van der Waals surface area (Å²) >= 11 is 0. The van der Waals surface area contributed by atoms with Crippen molar-refractivity contribution in [2.45, 2.75) is 26.6 Å². The average molecular weight is 524 g/mol. The molecule has 3 heterocycles. The molecular formula is C27H28F3N7O. The topological polar surface area (TPSA) is 100 Å². The van der Waals surface area contributed by atoms with Crippen LogP contribution in [-0.4, -0.2) is 63.9 Å². The summed E-state index contributed by atoms with van der Waals surface area (Å²) in [6.07, 6.45) is -1.62. The van der Waals surface area contributed by atoms with E-state index >= 15 is 0 Å². The Morgan fingerprint density at radius 2 is 1.82 bits per heavy atom. The molecule has 4 rings (SSSR count). The second-order valence-corrected chi connectivity index (χ2v) is 9.26. The summed E-state index contributed by atoms with van der Waals surface area (Å²) in [6.45, 7) is 6.69. The van der Waals surface area contributed by atoms with Gasteiger partial charge in [0.05, 0.1) is 17.5 Å². The Kier molecular flexibility index (Phi) is 7.94. The van der Waals surface area contributed by atoms with Crippen molar-refractivity contribution in [1.29, 1.82) is 0 Å². The van der Waals surface area contributed by atoms with E-state index < -0.39 is 17.6 Å². The van der Waals surface area contributed by atoms with Gasteiger partial charge in [0.25, 0.3) is 5.91 Å². The molecule has 1 fully saturated rings. The van der Waals surface area contributed by atoms with Crippen LogP contribution in [0.4, 0.5) is 24.7 Å². The van der Waals surface area contributed by atoms with Crippen molar-refractivity contribution in [3.63, 3.8) is 0 Å². The van der Waals surface area contributed by atoms with Crippen LogP contribution < -0.4 is 11.1 Å². The molecule has 1 saturated heterocycles. The fourth-order valence-electron chi connectivity index (χ4n) is 3.96. The van der Waals surface area contributed by atoms with Gasteiger partial charge in [-0.25, -0.2) is 9.97 Å². The summed E-state index contributed by atoms with van der Waals surface area (Å²) in [5, 5.41) is 2.54.